The first kappa shape index (κ1) is 39.3. The molecular formula is C39H41Cl3N4O6. The predicted molar refractivity (Wildman–Crippen MR) is 201 cm³/mol. The van der Waals surface area contributed by atoms with Gasteiger partial charge in [0.05, 0.1) is 35.4 Å². The first-order valence-corrected chi connectivity index (χ1v) is 18.2. The first-order chi connectivity index (χ1) is 25.1. The fourth-order valence-corrected chi connectivity index (χ4v) is 6.62. The van der Waals surface area contributed by atoms with Crippen LogP contribution in [0.15, 0.2) is 73.1 Å². The zero-order valence-electron chi connectivity index (χ0n) is 28.8. The van der Waals surface area contributed by atoms with E-state index in [-0.39, 0.29) is 13.2 Å². The van der Waals surface area contributed by atoms with E-state index < -0.39 is 24.3 Å². The van der Waals surface area contributed by atoms with Crippen molar-refractivity contribution >= 4 is 40.8 Å². The van der Waals surface area contributed by atoms with Gasteiger partial charge in [-0.25, -0.2) is 0 Å². The number of aromatic nitrogens is 1. The van der Waals surface area contributed by atoms with Crippen LogP contribution in [-0.2, 0) is 22.7 Å². The number of halogens is 3. The lowest BCUT2D eigenvalue weighted by atomic mass is 10.0. The van der Waals surface area contributed by atoms with Gasteiger partial charge in [0, 0.05) is 46.2 Å². The lowest BCUT2D eigenvalue weighted by Gasteiger charge is -2.31. The summed E-state index contributed by atoms with van der Waals surface area (Å²) in [5.41, 5.74) is 1.55. The Morgan fingerprint density at radius 3 is 2.46 bits per heavy atom. The molecular weight excluding hydrogens is 727 g/mol. The molecule has 0 spiro atoms. The molecule has 3 N–H and O–H groups in total. The Balaban J connectivity index is 1.37. The number of aliphatic hydroxyl groups is 1. The van der Waals surface area contributed by atoms with Gasteiger partial charge in [0.25, 0.3) is 0 Å². The largest absolute Gasteiger partial charge is 0.492 e. The Kier molecular flexibility index (Phi) is 14.1. The average molecular weight is 768 g/mol. The van der Waals surface area contributed by atoms with Crippen molar-refractivity contribution in [2.45, 2.75) is 57.6 Å². The number of nitriles is 1. The van der Waals surface area contributed by atoms with E-state index in [1.54, 1.807) is 36.5 Å². The van der Waals surface area contributed by atoms with Gasteiger partial charge in [0.2, 0.25) is 0 Å². The number of carboxylic acid groups (broad SMARTS) is 1. The number of rotatable bonds is 17. The Morgan fingerprint density at radius 2 is 1.73 bits per heavy atom. The fourth-order valence-electron chi connectivity index (χ4n) is 5.87. The SMILES string of the molecule is CC(CO)(NC(OCc1cccc(-c2cccc(OCCCN3CCCCC3)c2Cl)c1Cl)c1cc(Cl)ccc1OCc1cncc(C#N)c1)C(=O)O. The van der Waals surface area contributed by atoms with E-state index in [1.807, 2.05) is 30.3 Å². The second-order valence-electron chi connectivity index (χ2n) is 12.8. The summed E-state index contributed by atoms with van der Waals surface area (Å²) in [6, 6.07) is 19.6. The molecule has 0 bridgehead atoms. The predicted octanol–water partition coefficient (Wildman–Crippen LogP) is 8.05. The van der Waals surface area contributed by atoms with Crippen LogP contribution < -0.4 is 14.8 Å². The molecule has 3 aromatic carbocycles. The van der Waals surface area contributed by atoms with Crippen molar-refractivity contribution in [1.29, 1.82) is 5.26 Å². The molecule has 0 amide bonds. The summed E-state index contributed by atoms with van der Waals surface area (Å²) in [5.74, 6) is -0.398. The highest BCUT2D eigenvalue weighted by Crippen LogP contribution is 2.40. The summed E-state index contributed by atoms with van der Waals surface area (Å²) in [6.07, 6.45) is 6.57. The number of aliphatic carboxylic acids is 1. The van der Waals surface area contributed by atoms with Crippen LogP contribution in [-0.4, -0.2) is 64.5 Å². The van der Waals surface area contributed by atoms with Crippen LogP contribution >= 0.6 is 34.8 Å². The number of piperidine rings is 1. The van der Waals surface area contributed by atoms with Gasteiger partial charge in [-0.05, 0) is 75.2 Å². The van der Waals surface area contributed by atoms with Crippen molar-refractivity contribution < 1.29 is 29.2 Å². The number of nitrogens with one attached hydrogen (secondary N) is 1. The van der Waals surface area contributed by atoms with Gasteiger partial charge in [-0.3, -0.25) is 15.1 Å². The van der Waals surface area contributed by atoms with Gasteiger partial charge in [0.1, 0.15) is 35.9 Å². The van der Waals surface area contributed by atoms with Crippen LogP contribution in [0, 0.1) is 11.3 Å². The zero-order valence-corrected chi connectivity index (χ0v) is 31.1. The van der Waals surface area contributed by atoms with Gasteiger partial charge < -0.3 is 29.3 Å². The first-order valence-electron chi connectivity index (χ1n) is 17.0. The topological polar surface area (TPSA) is 137 Å². The number of aliphatic hydroxyl groups excluding tert-OH is 1. The third-order valence-corrected chi connectivity index (χ3v) is 9.94. The van der Waals surface area contributed by atoms with Crippen molar-refractivity contribution in [3.05, 3.63) is 110 Å². The van der Waals surface area contributed by atoms with Gasteiger partial charge in [-0.2, -0.15) is 5.26 Å². The third kappa shape index (κ3) is 10.1. The standard InChI is InChI=1S/C39H41Cl3N4O6/c1-39(25-47,38(48)49)45-37(32-19-29(40)12-13-33(32)51-23-27-18-26(20-43)21-44-22-27)52-24-28-8-5-9-30(35(28)41)31-10-6-11-34(36(31)42)50-17-7-16-46-14-3-2-4-15-46/h5-6,8-13,18-19,21-22,37,45,47H,2-4,7,14-17,23-25H2,1H3,(H,48,49). The van der Waals surface area contributed by atoms with Gasteiger partial charge in [-0.1, -0.05) is 71.6 Å². The number of likely N-dealkylation sites (tertiary alicyclic amines) is 1. The summed E-state index contributed by atoms with van der Waals surface area (Å²) >= 11 is 20.3. The molecule has 1 aliphatic rings. The third-order valence-electron chi connectivity index (χ3n) is 8.87. The maximum Gasteiger partial charge on any atom is 0.326 e. The van der Waals surface area contributed by atoms with Crippen LogP contribution in [0.4, 0.5) is 0 Å². The maximum absolute atomic E-state index is 12.3. The molecule has 0 radical (unpaired) electrons. The normalized spacial score (nSPS) is 15.0. The molecule has 0 aliphatic carbocycles. The van der Waals surface area contributed by atoms with E-state index in [4.69, 9.17) is 49.0 Å². The summed E-state index contributed by atoms with van der Waals surface area (Å²) in [6.45, 7) is 4.38. The molecule has 52 heavy (non-hydrogen) atoms. The summed E-state index contributed by atoms with van der Waals surface area (Å²) < 4.78 is 18.6. The van der Waals surface area contributed by atoms with Crippen molar-refractivity contribution in [3.8, 4) is 28.7 Å². The molecule has 1 aromatic heterocycles. The van der Waals surface area contributed by atoms with Crippen molar-refractivity contribution in [2.24, 2.45) is 0 Å². The molecule has 1 saturated heterocycles. The number of carbonyl (C=O) groups is 1. The summed E-state index contributed by atoms with van der Waals surface area (Å²) in [4.78, 5) is 18.8. The Bertz CT molecular complexity index is 1880. The molecule has 0 saturated carbocycles. The zero-order chi connectivity index (χ0) is 37.1. The molecule has 5 rings (SSSR count). The highest BCUT2D eigenvalue weighted by atomic mass is 35.5. The van der Waals surface area contributed by atoms with Crippen molar-refractivity contribution in [2.75, 3.05) is 32.8 Å². The molecule has 1 aliphatic heterocycles. The highest BCUT2D eigenvalue weighted by molar-refractivity contribution is 6.37. The van der Waals surface area contributed by atoms with E-state index in [9.17, 15) is 20.3 Å². The van der Waals surface area contributed by atoms with Crippen molar-refractivity contribution in [1.82, 2.24) is 15.2 Å². The number of hydrogen-bond donors (Lipinski definition) is 3. The van der Waals surface area contributed by atoms with E-state index in [0.29, 0.717) is 66.6 Å². The molecule has 13 heteroatoms. The Labute approximate surface area is 318 Å². The molecule has 2 heterocycles. The van der Waals surface area contributed by atoms with Crippen LogP contribution in [0.2, 0.25) is 15.1 Å². The van der Waals surface area contributed by atoms with Crippen LogP contribution in [0.25, 0.3) is 11.1 Å². The van der Waals surface area contributed by atoms with Crippen molar-refractivity contribution in [3.63, 3.8) is 0 Å². The lowest BCUT2D eigenvalue weighted by Crippen LogP contribution is -2.54. The summed E-state index contributed by atoms with van der Waals surface area (Å²) in [5, 5.41) is 33.5. The average Bonchev–Trinajstić information content (AvgIpc) is 3.16. The lowest BCUT2D eigenvalue weighted by molar-refractivity contribution is -0.149. The van der Waals surface area contributed by atoms with Crippen LogP contribution in [0.5, 0.6) is 11.5 Å². The second-order valence-corrected chi connectivity index (χ2v) is 14.0. The van der Waals surface area contributed by atoms with E-state index in [0.717, 1.165) is 26.1 Å². The number of nitrogens with zero attached hydrogens (tertiary/aromatic N) is 3. The van der Waals surface area contributed by atoms with Gasteiger partial charge >= 0.3 is 5.97 Å². The molecule has 2 unspecified atom stereocenters. The number of carboxylic acids is 1. The van der Waals surface area contributed by atoms with Gasteiger partial charge in [0.15, 0.2) is 0 Å². The summed E-state index contributed by atoms with van der Waals surface area (Å²) in [7, 11) is 0. The quantitative estimate of drug-likeness (QED) is 0.0715. The minimum atomic E-state index is -1.80. The van der Waals surface area contributed by atoms with Gasteiger partial charge in [-0.15, -0.1) is 0 Å². The van der Waals surface area contributed by atoms with E-state index in [1.165, 1.54) is 32.4 Å². The number of ether oxygens (including phenoxy) is 3. The number of benzene rings is 3. The highest BCUT2D eigenvalue weighted by Gasteiger charge is 2.36. The minimum absolute atomic E-state index is 0.0515. The number of hydrogen-bond acceptors (Lipinski definition) is 9. The Morgan fingerprint density at radius 1 is 0.981 bits per heavy atom. The van der Waals surface area contributed by atoms with Crippen LogP contribution in [0.3, 0.4) is 0 Å². The van der Waals surface area contributed by atoms with E-state index >= 15 is 0 Å². The molecule has 1 fully saturated rings. The van der Waals surface area contributed by atoms with E-state index in [2.05, 4.69) is 21.3 Å². The molecule has 4 aromatic rings. The monoisotopic (exact) mass is 766 g/mol. The Hall–Kier alpha value is -3.92. The van der Waals surface area contributed by atoms with Crippen LogP contribution in [0.1, 0.15) is 61.1 Å². The molecule has 10 nitrogen and oxygen atoms in total. The smallest absolute Gasteiger partial charge is 0.326 e. The molecule has 2 atom stereocenters. The number of pyridine rings is 1. The maximum atomic E-state index is 12.3. The molecule has 274 valence electrons. The fraction of sp³-hybridized carbons (Fsp3) is 0.359. The second kappa shape index (κ2) is 18.7. The minimum Gasteiger partial charge on any atom is -0.492 e.